The molecule has 0 bridgehead atoms. The number of nitrogens with one attached hydrogen (secondary N) is 1. The fourth-order valence-electron chi connectivity index (χ4n) is 1.35. The molecule has 1 amide bonds. The van der Waals surface area contributed by atoms with Gasteiger partial charge in [-0.3, -0.25) is 9.59 Å². The van der Waals surface area contributed by atoms with E-state index in [0.717, 1.165) is 0 Å². The van der Waals surface area contributed by atoms with E-state index in [1.807, 2.05) is 6.07 Å². The topological polar surface area (TPSA) is 75.6 Å². The van der Waals surface area contributed by atoms with Crippen molar-refractivity contribution in [2.24, 2.45) is 0 Å². The van der Waals surface area contributed by atoms with E-state index >= 15 is 0 Å². The number of amides is 1. The second kappa shape index (κ2) is 7.63. The minimum absolute atomic E-state index is 0.210. The SMILES string of the molecule is C[C@H](NC(=O)CCCOc1ccccc1Cl)C(=O)O. The van der Waals surface area contributed by atoms with Crippen molar-refractivity contribution in [2.45, 2.75) is 25.8 Å². The lowest BCUT2D eigenvalue weighted by atomic mass is 10.2. The van der Waals surface area contributed by atoms with E-state index in [1.54, 1.807) is 18.2 Å². The highest BCUT2D eigenvalue weighted by molar-refractivity contribution is 6.32. The van der Waals surface area contributed by atoms with Gasteiger partial charge in [0.25, 0.3) is 0 Å². The van der Waals surface area contributed by atoms with Crippen molar-refractivity contribution in [2.75, 3.05) is 6.61 Å². The van der Waals surface area contributed by atoms with Gasteiger partial charge in [0.1, 0.15) is 11.8 Å². The Bertz CT molecular complexity index is 450. The standard InChI is InChI=1S/C13H16ClNO4/c1-9(13(17)18)15-12(16)7-4-8-19-11-6-3-2-5-10(11)14/h2-3,5-6,9H,4,7-8H2,1H3,(H,15,16)(H,17,18)/t9-/m0/s1. The molecule has 1 rings (SSSR count). The van der Waals surface area contributed by atoms with Gasteiger partial charge in [0.2, 0.25) is 5.91 Å². The summed E-state index contributed by atoms with van der Waals surface area (Å²) in [6, 6.07) is 6.20. The lowest BCUT2D eigenvalue weighted by Crippen LogP contribution is -2.38. The number of benzene rings is 1. The van der Waals surface area contributed by atoms with Crippen LogP contribution in [0.25, 0.3) is 0 Å². The minimum atomic E-state index is -1.05. The molecule has 0 saturated carbocycles. The van der Waals surface area contributed by atoms with Crippen LogP contribution >= 0.6 is 11.6 Å². The predicted molar refractivity (Wildman–Crippen MR) is 71.4 cm³/mol. The van der Waals surface area contributed by atoms with Crippen LogP contribution in [-0.4, -0.2) is 29.6 Å². The molecule has 0 radical (unpaired) electrons. The number of carbonyl (C=O) groups excluding carboxylic acids is 1. The third kappa shape index (κ3) is 5.61. The van der Waals surface area contributed by atoms with Gasteiger partial charge in [-0.25, -0.2) is 0 Å². The van der Waals surface area contributed by atoms with Crippen LogP contribution in [0.1, 0.15) is 19.8 Å². The number of carbonyl (C=O) groups is 2. The molecule has 1 atom stereocenters. The smallest absolute Gasteiger partial charge is 0.325 e. The summed E-state index contributed by atoms with van der Waals surface area (Å²) in [5.41, 5.74) is 0. The van der Waals surface area contributed by atoms with Crippen LogP contribution in [0.2, 0.25) is 5.02 Å². The quantitative estimate of drug-likeness (QED) is 0.752. The summed E-state index contributed by atoms with van der Waals surface area (Å²) in [5.74, 6) is -0.790. The second-order valence-corrected chi connectivity index (χ2v) is 4.42. The Morgan fingerprint density at radius 1 is 1.42 bits per heavy atom. The van der Waals surface area contributed by atoms with Crippen molar-refractivity contribution in [1.29, 1.82) is 0 Å². The number of rotatable bonds is 7. The molecule has 0 spiro atoms. The van der Waals surface area contributed by atoms with Crippen molar-refractivity contribution >= 4 is 23.5 Å². The highest BCUT2D eigenvalue weighted by Gasteiger charge is 2.13. The number of aliphatic carboxylic acids is 1. The number of carboxylic acids is 1. The Morgan fingerprint density at radius 3 is 2.74 bits per heavy atom. The monoisotopic (exact) mass is 285 g/mol. The Labute approximate surface area is 116 Å². The first-order chi connectivity index (χ1) is 9.00. The lowest BCUT2D eigenvalue weighted by Gasteiger charge is -2.10. The van der Waals surface area contributed by atoms with Gasteiger partial charge in [-0.15, -0.1) is 0 Å². The van der Waals surface area contributed by atoms with E-state index in [2.05, 4.69) is 5.32 Å². The molecule has 2 N–H and O–H groups in total. The lowest BCUT2D eigenvalue weighted by molar-refractivity contribution is -0.141. The molecule has 0 saturated heterocycles. The summed E-state index contributed by atoms with van der Waals surface area (Å²) in [4.78, 5) is 21.9. The largest absolute Gasteiger partial charge is 0.492 e. The first kappa shape index (κ1) is 15.3. The van der Waals surface area contributed by atoms with Crippen molar-refractivity contribution in [3.63, 3.8) is 0 Å². The molecule has 19 heavy (non-hydrogen) atoms. The minimum Gasteiger partial charge on any atom is -0.492 e. The van der Waals surface area contributed by atoms with Crippen LogP contribution in [0.4, 0.5) is 0 Å². The molecule has 0 unspecified atom stereocenters. The third-order valence-electron chi connectivity index (χ3n) is 2.39. The third-order valence-corrected chi connectivity index (χ3v) is 2.70. The van der Waals surface area contributed by atoms with Crippen molar-refractivity contribution in [1.82, 2.24) is 5.32 Å². The zero-order valence-electron chi connectivity index (χ0n) is 10.6. The first-order valence-electron chi connectivity index (χ1n) is 5.90. The molecule has 5 nitrogen and oxygen atoms in total. The van der Waals surface area contributed by atoms with Gasteiger partial charge in [-0.05, 0) is 25.5 Å². The maximum atomic E-state index is 11.4. The van der Waals surface area contributed by atoms with E-state index < -0.39 is 12.0 Å². The van der Waals surface area contributed by atoms with Crippen LogP contribution in [0.15, 0.2) is 24.3 Å². The fourth-order valence-corrected chi connectivity index (χ4v) is 1.54. The molecule has 1 aromatic carbocycles. The van der Waals surface area contributed by atoms with Crippen molar-refractivity contribution in [3.8, 4) is 5.75 Å². The van der Waals surface area contributed by atoms with Crippen molar-refractivity contribution < 1.29 is 19.4 Å². The summed E-state index contributed by atoms with van der Waals surface area (Å²) in [6.07, 6.45) is 0.700. The summed E-state index contributed by atoms with van der Waals surface area (Å²) in [5, 5.41) is 11.5. The molecule has 104 valence electrons. The van der Waals surface area contributed by atoms with Gasteiger partial charge in [0.15, 0.2) is 0 Å². The normalized spacial score (nSPS) is 11.7. The maximum Gasteiger partial charge on any atom is 0.325 e. The van der Waals surface area contributed by atoms with E-state index in [1.165, 1.54) is 6.92 Å². The average molecular weight is 286 g/mol. The number of para-hydroxylation sites is 1. The van der Waals surface area contributed by atoms with Crippen molar-refractivity contribution in [3.05, 3.63) is 29.3 Å². The summed E-state index contributed by atoms with van der Waals surface area (Å²) < 4.78 is 5.41. The maximum absolute atomic E-state index is 11.4. The number of hydrogen-bond acceptors (Lipinski definition) is 3. The zero-order chi connectivity index (χ0) is 14.3. The highest BCUT2D eigenvalue weighted by atomic mass is 35.5. The number of carboxylic acid groups (broad SMARTS) is 1. The zero-order valence-corrected chi connectivity index (χ0v) is 11.3. The summed E-state index contributed by atoms with van der Waals surface area (Å²) in [7, 11) is 0. The Balaban J connectivity index is 2.23. The molecular weight excluding hydrogens is 270 g/mol. The molecule has 0 aliphatic rings. The summed E-state index contributed by atoms with van der Waals surface area (Å²) >= 11 is 5.90. The van der Waals surface area contributed by atoms with E-state index in [4.69, 9.17) is 21.4 Å². The molecule has 0 aliphatic carbocycles. The molecule has 0 aliphatic heterocycles. The fraction of sp³-hybridized carbons (Fsp3) is 0.385. The van der Waals surface area contributed by atoms with Gasteiger partial charge < -0.3 is 15.2 Å². The Morgan fingerprint density at radius 2 is 2.11 bits per heavy atom. The second-order valence-electron chi connectivity index (χ2n) is 4.01. The summed E-state index contributed by atoms with van der Waals surface area (Å²) in [6.45, 7) is 1.76. The van der Waals surface area contributed by atoms with Gasteiger partial charge in [-0.1, -0.05) is 23.7 Å². The molecular formula is C13H16ClNO4. The van der Waals surface area contributed by atoms with Gasteiger partial charge >= 0.3 is 5.97 Å². The first-order valence-corrected chi connectivity index (χ1v) is 6.28. The number of halogens is 1. The van der Waals surface area contributed by atoms with Crippen LogP contribution < -0.4 is 10.1 Å². The van der Waals surface area contributed by atoms with Crippen LogP contribution in [-0.2, 0) is 9.59 Å². The molecule has 1 aromatic rings. The number of hydrogen-bond donors (Lipinski definition) is 2. The Kier molecular flexibility index (Phi) is 6.15. The van der Waals surface area contributed by atoms with E-state index in [-0.39, 0.29) is 12.3 Å². The molecule has 6 heteroatoms. The number of ether oxygens (including phenoxy) is 1. The Hall–Kier alpha value is -1.75. The molecule has 0 aromatic heterocycles. The predicted octanol–water partition coefficient (Wildman–Crippen LogP) is 2.09. The van der Waals surface area contributed by atoms with Gasteiger partial charge in [-0.2, -0.15) is 0 Å². The average Bonchev–Trinajstić information content (AvgIpc) is 2.36. The molecule has 0 heterocycles. The van der Waals surface area contributed by atoms with E-state index in [9.17, 15) is 9.59 Å². The van der Waals surface area contributed by atoms with Crippen LogP contribution in [0.5, 0.6) is 5.75 Å². The van der Waals surface area contributed by atoms with Gasteiger partial charge in [0.05, 0.1) is 11.6 Å². The van der Waals surface area contributed by atoms with Crippen LogP contribution in [0, 0.1) is 0 Å². The molecule has 0 fully saturated rings. The van der Waals surface area contributed by atoms with Crippen LogP contribution in [0.3, 0.4) is 0 Å². The highest BCUT2D eigenvalue weighted by Crippen LogP contribution is 2.23. The van der Waals surface area contributed by atoms with E-state index in [0.29, 0.717) is 23.8 Å². The van der Waals surface area contributed by atoms with Gasteiger partial charge in [0, 0.05) is 6.42 Å².